The van der Waals surface area contributed by atoms with E-state index in [-0.39, 0.29) is 6.04 Å². The van der Waals surface area contributed by atoms with Gasteiger partial charge in [-0.05, 0) is 39.3 Å². The van der Waals surface area contributed by atoms with Gasteiger partial charge in [-0.1, -0.05) is 0 Å². The molecule has 0 aromatic carbocycles. The maximum absolute atomic E-state index is 5.70. The summed E-state index contributed by atoms with van der Waals surface area (Å²) in [5.74, 6) is 0.877. The van der Waals surface area contributed by atoms with Crippen LogP contribution >= 0.6 is 11.3 Å². The van der Waals surface area contributed by atoms with Crippen molar-refractivity contribution in [3.8, 4) is 0 Å². The number of nitrogens with zero attached hydrogens (tertiary/aromatic N) is 2. The second kappa shape index (κ2) is 4.94. The third-order valence-corrected chi connectivity index (χ3v) is 4.04. The van der Waals surface area contributed by atoms with E-state index in [0.717, 1.165) is 22.1 Å². The highest BCUT2D eigenvalue weighted by Crippen LogP contribution is 2.28. The lowest BCUT2D eigenvalue weighted by atomic mass is 10.2. The Morgan fingerprint density at radius 2 is 2.06 bits per heavy atom. The Bertz CT molecular complexity index is 562. The summed E-state index contributed by atoms with van der Waals surface area (Å²) in [6.07, 6.45) is 1.67. The summed E-state index contributed by atoms with van der Waals surface area (Å²) in [6.45, 7) is 8.20. The van der Waals surface area contributed by atoms with Crippen LogP contribution < -0.4 is 11.1 Å². The zero-order valence-corrected chi connectivity index (χ0v) is 11.9. The zero-order chi connectivity index (χ0) is 13.3. The van der Waals surface area contributed by atoms with Crippen LogP contribution in [0.4, 0.5) is 11.5 Å². The van der Waals surface area contributed by atoms with Gasteiger partial charge in [-0.15, -0.1) is 11.3 Å². The first-order valence-corrected chi connectivity index (χ1v) is 6.71. The fourth-order valence-electron chi connectivity index (χ4n) is 1.97. The van der Waals surface area contributed by atoms with Crippen LogP contribution in [0, 0.1) is 20.8 Å². The van der Waals surface area contributed by atoms with Gasteiger partial charge >= 0.3 is 0 Å². The largest absolute Gasteiger partial charge is 0.397 e. The summed E-state index contributed by atoms with van der Waals surface area (Å²) in [5, 5.41) is 4.51. The van der Waals surface area contributed by atoms with Gasteiger partial charge in [0.25, 0.3) is 0 Å². The molecule has 2 heterocycles. The molecule has 0 aliphatic heterocycles. The average Bonchev–Trinajstić information content (AvgIpc) is 2.62. The van der Waals surface area contributed by atoms with Crippen LogP contribution in [0.15, 0.2) is 12.3 Å². The summed E-state index contributed by atoms with van der Waals surface area (Å²) < 4.78 is 0. The Morgan fingerprint density at radius 3 is 2.61 bits per heavy atom. The first-order valence-electron chi connectivity index (χ1n) is 5.90. The van der Waals surface area contributed by atoms with Crippen LogP contribution in [-0.2, 0) is 0 Å². The number of nitrogen functional groups attached to an aromatic ring is 1. The van der Waals surface area contributed by atoms with E-state index >= 15 is 0 Å². The number of thiazole rings is 1. The Labute approximate surface area is 111 Å². The van der Waals surface area contributed by atoms with Crippen LogP contribution in [0.5, 0.6) is 0 Å². The van der Waals surface area contributed by atoms with Crippen molar-refractivity contribution in [2.24, 2.45) is 0 Å². The SMILES string of the molecule is Cc1nc(C)c(C(C)Nc2ncc(N)cc2C)s1. The lowest BCUT2D eigenvalue weighted by Crippen LogP contribution is -2.09. The molecule has 0 aliphatic carbocycles. The van der Waals surface area contributed by atoms with Crippen molar-refractivity contribution in [3.05, 3.63) is 33.4 Å². The van der Waals surface area contributed by atoms with E-state index < -0.39 is 0 Å². The molecule has 96 valence electrons. The Morgan fingerprint density at radius 1 is 1.33 bits per heavy atom. The topological polar surface area (TPSA) is 63.8 Å². The molecule has 0 fully saturated rings. The minimum atomic E-state index is 0.200. The molecule has 0 amide bonds. The molecule has 0 aliphatic rings. The minimum Gasteiger partial charge on any atom is -0.397 e. The Balaban J connectivity index is 2.21. The van der Waals surface area contributed by atoms with E-state index in [1.165, 1.54) is 4.88 Å². The molecule has 0 spiro atoms. The fourth-order valence-corrected chi connectivity index (χ4v) is 2.90. The number of hydrogen-bond donors (Lipinski definition) is 2. The quantitative estimate of drug-likeness (QED) is 0.891. The number of nitrogens with two attached hydrogens (primary N) is 1. The second-order valence-corrected chi connectivity index (χ2v) is 5.72. The zero-order valence-electron chi connectivity index (χ0n) is 11.1. The standard InChI is InChI=1S/C13H18N4S/c1-7-5-11(14)6-15-13(7)17-9(3)12-8(2)16-10(4)18-12/h5-6,9H,14H2,1-4H3,(H,15,17). The van der Waals surface area contributed by atoms with Gasteiger partial charge in [0.15, 0.2) is 0 Å². The highest BCUT2D eigenvalue weighted by molar-refractivity contribution is 7.11. The summed E-state index contributed by atoms with van der Waals surface area (Å²) in [4.78, 5) is 10.0. The first-order chi connectivity index (χ1) is 8.47. The van der Waals surface area contributed by atoms with Crippen molar-refractivity contribution in [2.45, 2.75) is 33.7 Å². The maximum atomic E-state index is 5.70. The maximum Gasteiger partial charge on any atom is 0.129 e. The normalized spacial score (nSPS) is 12.4. The molecule has 5 heteroatoms. The second-order valence-electron chi connectivity index (χ2n) is 4.48. The van der Waals surface area contributed by atoms with Crippen molar-refractivity contribution in [1.29, 1.82) is 0 Å². The summed E-state index contributed by atoms with van der Waals surface area (Å²) in [7, 11) is 0. The van der Waals surface area contributed by atoms with Crippen LogP contribution in [0.25, 0.3) is 0 Å². The number of hydrogen-bond acceptors (Lipinski definition) is 5. The van der Waals surface area contributed by atoms with Crippen LogP contribution in [0.2, 0.25) is 0 Å². The lowest BCUT2D eigenvalue weighted by Gasteiger charge is -2.15. The predicted octanol–water partition coefficient (Wildman–Crippen LogP) is 3.22. The molecule has 0 radical (unpaired) electrons. The molecule has 2 aromatic heterocycles. The van der Waals surface area contributed by atoms with E-state index in [2.05, 4.69) is 22.2 Å². The van der Waals surface area contributed by atoms with E-state index in [9.17, 15) is 0 Å². The van der Waals surface area contributed by atoms with Gasteiger partial charge in [0, 0.05) is 4.88 Å². The number of aryl methyl sites for hydroxylation is 3. The van der Waals surface area contributed by atoms with Crippen molar-refractivity contribution in [1.82, 2.24) is 9.97 Å². The highest BCUT2D eigenvalue weighted by Gasteiger charge is 2.14. The van der Waals surface area contributed by atoms with Crippen molar-refractivity contribution >= 4 is 22.8 Å². The van der Waals surface area contributed by atoms with Gasteiger partial charge in [0.05, 0.1) is 28.6 Å². The average molecular weight is 262 g/mol. The van der Waals surface area contributed by atoms with Gasteiger partial charge in [0.2, 0.25) is 0 Å². The van der Waals surface area contributed by atoms with Gasteiger partial charge in [-0.3, -0.25) is 0 Å². The summed E-state index contributed by atoms with van der Waals surface area (Å²) >= 11 is 1.72. The molecule has 1 atom stereocenters. The molecule has 3 N–H and O–H groups in total. The summed E-state index contributed by atoms with van der Waals surface area (Å²) in [6, 6.07) is 2.12. The molecule has 1 unspecified atom stereocenters. The lowest BCUT2D eigenvalue weighted by molar-refractivity contribution is 0.877. The third kappa shape index (κ3) is 2.61. The monoisotopic (exact) mass is 262 g/mol. The molecule has 18 heavy (non-hydrogen) atoms. The molecular weight excluding hydrogens is 244 g/mol. The summed E-state index contributed by atoms with van der Waals surface area (Å²) in [5.41, 5.74) is 8.53. The predicted molar refractivity (Wildman–Crippen MR) is 77.0 cm³/mol. The van der Waals surface area contributed by atoms with E-state index in [1.54, 1.807) is 17.5 Å². The van der Waals surface area contributed by atoms with E-state index in [1.807, 2.05) is 26.8 Å². The van der Waals surface area contributed by atoms with Gasteiger partial charge in [-0.25, -0.2) is 9.97 Å². The van der Waals surface area contributed by atoms with Crippen molar-refractivity contribution < 1.29 is 0 Å². The van der Waals surface area contributed by atoms with Crippen molar-refractivity contribution in [3.63, 3.8) is 0 Å². The number of rotatable bonds is 3. The minimum absolute atomic E-state index is 0.200. The molecule has 2 aromatic rings. The molecule has 0 saturated heterocycles. The van der Waals surface area contributed by atoms with Crippen LogP contribution in [-0.4, -0.2) is 9.97 Å². The van der Waals surface area contributed by atoms with Gasteiger partial charge in [0.1, 0.15) is 5.82 Å². The number of pyridine rings is 1. The molecule has 0 bridgehead atoms. The molecular formula is C13H18N4S. The van der Waals surface area contributed by atoms with Crippen LogP contribution in [0.1, 0.15) is 34.1 Å². The molecule has 0 saturated carbocycles. The highest BCUT2D eigenvalue weighted by atomic mass is 32.1. The van der Waals surface area contributed by atoms with Crippen LogP contribution in [0.3, 0.4) is 0 Å². The molecule has 4 nitrogen and oxygen atoms in total. The Hall–Kier alpha value is -1.62. The number of anilines is 2. The Kier molecular flexibility index (Phi) is 3.52. The first kappa shape index (κ1) is 12.8. The molecule has 2 rings (SSSR count). The van der Waals surface area contributed by atoms with Crippen molar-refractivity contribution in [2.75, 3.05) is 11.1 Å². The smallest absolute Gasteiger partial charge is 0.129 e. The third-order valence-electron chi connectivity index (χ3n) is 2.79. The van der Waals surface area contributed by atoms with Gasteiger partial charge in [-0.2, -0.15) is 0 Å². The fraction of sp³-hybridized carbons (Fsp3) is 0.385. The number of aromatic nitrogens is 2. The number of nitrogens with one attached hydrogen (secondary N) is 1. The van der Waals surface area contributed by atoms with Gasteiger partial charge < -0.3 is 11.1 Å². The van der Waals surface area contributed by atoms with E-state index in [0.29, 0.717) is 5.69 Å². The van der Waals surface area contributed by atoms with E-state index in [4.69, 9.17) is 5.73 Å².